The number of rotatable bonds is 9. The lowest BCUT2D eigenvalue weighted by molar-refractivity contribution is -0.139. The van der Waals surface area contributed by atoms with Gasteiger partial charge in [0.05, 0.1) is 12.2 Å². The van der Waals surface area contributed by atoms with Crippen LogP contribution in [0.2, 0.25) is 0 Å². The Morgan fingerprint density at radius 3 is 2.63 bits per heavy atom. The first-order valence-electron chi connectivity index (χ1n) is 11.6. The van der Waals surface area contributed by atoms with E-state index in [-0.39, 0.29) is 18.1 Å². The van der Waals surface area contributed by atoms with Crippen LogP contribution < -0.4 is 15.2 Å². The molecule has 8 nitrogen and oxygen atoms in total. The highest BCUT2D eigenvalue weighted by Crippen LogP contribution is 2.32. The summed E-state index contributed by atoms with van der Waals surface area (Å²) in [4.78, 5) is 24.9. The molecule has 1 atom stereocenters. The van der Waals surface area contributed by atoms with Crippen LogP contribution in [-0.2, 0) is 11.3 Å². The first kappa shape index (κ1) is 24.5. The number of aliphatic carboxylic acids is 1. The number of carbonyl (C=O) groups is 2. The first-order valence-corrected chi connectivity index (χ1v) is 11.6. The van der Waals surface area contributed by atoms with E-state index in [9.17, 15) is 19.1 Å². The molecule has 0 spiro atoms. The van der Waals surface area contributed by atoms with Crippen molar-refractivity contribution >= 4 is 11.9 Å². The van der Waals surface area contributed by atoms with E-state index in [1.54, 1.807) is 29.2 Å². The molecule has 9 heteroatoms. The van der Waals surface area contributed by atoms with Crippen LogP contribution in [0.15, 0.2) is 48.0 Å². The van der Waals surface area contributed by atoms with Crippen LogP contribution in [0.5, 0.6) is 17.2 Å². The normalized spacial score (nSPS) is 18.2. The summed E-state index contributed by atoms with van der Waals surface area (Å²) in [5, 5.41) is 18.4. The molecule has 1 amide bonds. The Morgan fingerprint density at radius 2 is 1.91 bits per heavy atom. The molecule has 0 saturated heterocycles. The predicted molar refractivity (Wildman–Crippen MR) is 126 cm³/mol. The lowest BCUT2D eigenvalue weighted by Crippen LogP contribution is -2.36. The van der Waals surface area contributed by atoms with Crippen molar-refractivity contribution in [2.45, 2.75) is 38.3 Å². The van der Waals surface area contributed by atoms with Gasteiger partial charge in [0.25, 0.3) is 5.91 Å². The second kappa shape index (κ2) is 10.8. The Balaban J connectivity index is 1.22. The van der Waals surface area contributed by atoms with Crippen LogP contribution in [0.4, 0.5) is 4.39 Å². The number of fused-ring (bicyclic) bond motifs is 1. The van der Waals surface area contributed by atoms with E-state index in [1.165, 1.54) is 11.6 Å². The number of allylic oxidation sites excluding steroid dienone is 1. The highest BCUT2D eigenvalue weighted by Gasteiger charge is 2.31. The largest absolute Gasteiger partial charge is 0.505 e. The smallest absolute Gasteiger partial charge is 0.324 e. The van der Waals surface area contributed by atoms with Crippen LogP contribution in [0.25, 0.3) is 0 Å². The minimum Gasteiger partial charge on any atom is -0.505 e. The van der Waals surface area contributed by atoms with Gasteiger partial charge in [-0.1, -0.05) is 23.8 Å². The zero-order chi connectivity index (χ0) is 24.9. The molecule has 35 heavy (non-hydrogen) atoms. The number of phenols is 1. The average Bonchev–Trinajstić information content (AvgIpc) is 3.18. The quantitative estimate of drug-likeness (QED) is 0.466. The molecule has 1 aliphatic carbocycles. The minimum atomic E-state index is -1.12. The van der Waals surface area contributed by atoms with Crippen LogP contribution in [0, 0.1) is 11.7 Å². The van der Waals surface area contributed by atoms with Gasteiger partial charge in [0, 0.05) is 19.2 Å². The van der Waals surface area contributed by atoms with Gasteiger partial charge >= 0.3 is 5.97 Å². The highest BCUT2D eigenvalue weighted by atomic mass is 19.1. The molecule has 1 fully saturated rings. The minimum absolute atomic E-state index is 0.0246. The SMILES string of the molecule is NC(COc1cccc(OCC2CCC(=CCN3Cc4ccc(O)c(F)c4C3=O)CC2)c1)C(=O)O. The number of nitrogens with zero attached hydrogens (tertiary/aromatic N) is 1. The van der Waals surface area contributed by atoms with E-state index in [2.05, 4.69) is 6.08 Å². The van der Waals surface area contributed by atoms with Gasteiger partial charge in [-0.15, -0.1) is 0 Å². The molecule has 1 aliphatic heterocycles. The van der Waals surface area contributed by atoms with Gasteiger partial charge in [0.1, 0.15) is 24.1 Å². The number of amides is 1. The summed E-state index contributed by atoms with van der Waals surface area (Å²) in [6, 6.07) is 8.84. The Morgan fingerprint density at radius 1 is 1.20 bits per heavy atom. The van der Waals surface area contributed by atoms with Crippen molar-refractivity contribution in [3.05, 3.63) is 65.0 Å². The number of ether oxygens (including phenoxy) is 2. The molecule has 2 aliphatic rings. The maximum absolute atomic E-state index is 14.1. The van der Waals surface area contributed by atoms with E-state index in [0.717, 1.165) is 25.7 Å². The summed E-state index contributed by atoms with van der Waals surface area (Å²) in [6.45, 7) is 1.20. The fourth-order valence-electron chi connectivity index (χ4n) is 4.33. The number of carbonyl (C=O) groups excluding carboxylic acids is 1. The average molecular weight is 485 g/mol. The van der Waals surface area contributed by atoms with Gasteiger partial charge in [-0.2, -0.15) is 0 Å². The molecule has 4 rings (SSSR count). The zero-order valence-electron chi connectivity index (χ0n) is 19.3. The standard InChI is InChI=1S/C26H29FN2O6/c27-24-22(30)9-8-18-13-29(25(31)23(18)24)11-10-16-4-6-17(7-5-16)14-34-19-2-1-3-20(12-19)35-15-21(28)26(32)33/h1-3,8-10,12,17,21,30H,4-7,11,13-15,28H2,(H,32,33). The molecule has 0 bridgehead atoms. The van der Waals surface area contributed by atoms with Gasteiger partial charge < -0.3 is 30.3 Å². The van der Waals surface area contributed by atoms with Crippen LogP contribution >= 0.6 is 0 Å². The predicted octanol–water partition coefficient (Wildman–Crippen LogP) is 3.47. The first-order chi connectivity index (χ1) is 16.8. The van der Waals surface area contributed by atoms with Gasteiger partial charge in [0.15, 0.2) is 11.6 Å². The van der Waals surface area contributed by atoms with E-state index in [1.807, 2.05) is 6.07 Å². The fourth-order valence-corrected chi connectivity index (χ4v) is 4.33. The van der Waals surface area contributed by atoms with Crippen molar-refractivity contribution in [1.29, 1.82) is 0 Å². The molecule has 1 unspecified atom stereocenters. The Hall–Kier alpha value is -3.59. The van der Waals surface area contributed by atoms with E-state index in [4.69, 9.17) is 20.3 Å². The van der Waals surface area contributed by atoms with Crippen LogP contribution in [0.3, 0.4) is 0 Å². The Bertz CT molecular complexity index is 1120. The molecule has 2 aromatic rings. The number of hydrogen-bond acceptors (Lipinski definition) is 6. The lowest BCUT2D eigenvalue weighted by atomic mass is 9.86. The Kier molecular flexibility index (Phi) is 7.55. The molecule has 4 N–H and O–H groups in total. The molecule has 186 valence electrons. The van der Waals surface area contributed by atoms with Crippen LogP contribution in [-0.4, -0.2) is 52.8 Å². The fraction of sp³-hybridized carbons (Fsp3) is 0.385. The van der Waals surface area contributed by atoms with Gasteiger partial charge in [-0.05, 0) is 55.4 Å². The maximum Gasteiger partial charge on any atom is 0.324 e. The molecule has 0 radical (unpaired) electrons. The summed E-state index contributed by atoms with van der Waals surface area (Å²) >= 11 is 0. The molecule has 1 saturated carbocycles. The molecular weight excluding hydrogens is 455 g/mol. The summed E-state index contributed by atoms with van der Waals surface area (Å²) in [6.07, 6.45) is 5.81. The molecule has 0 aromatic heterocycles. The highest BCUT2D eigenvalue weighted by molar-refractivity contribution is 5.99. The Labute approximate surface area is 202 Å². The maximum atomic E-state index is 14.1. The number of phenolic OH excluding ortho intramolecular Hbond substituents is 1. The third kappa shape index (κ3) is 5.92. The number of nitrogens with two attached hydrogens (primary N) is 1. The van der Waals surface area contributed by atoms with Crippen molar-refractivity contribution in [3.8, 4) is 17.2 Å². The van der Waals surface area contributed by atoms with Crippen molar-refractivity contribution in [1.82, 2.24) is 4.90 Å². The number of hydrogen-bond donors (Lipinski definition) is 3. The monoisotopic (exact) mass is 484 g/mol. The summed E-state index contributed by atoms with van der Waals surface area (Å²) < 4.78 is 25.5. The number of carboxylic acids is 1. The number of benzene rings is 2. The number of aromatic hydroxyl groups is 1. The van der Waals surface area contributed by atoms with Crippen molar-refractivity contribution in [3.63, 3.8) is 0 Å². The summed E-state index contributed by atoms with van der Waals surface area (Å²) in [5.41, 5.74) is 7.31. The van der Waals surface area contributed by atoms with Crippen molar-refractivity contribution in [2.24, 2.45) is 11.7 Å². The van der Waals surface area contributed by atoms with Gasteiger partial charge in [-0.25, -0.2) is 4.39 Å². The third-order valence-electron chi connectivity index (χ3n) is 6.46. The third-order valence-corrected chi connectivity index (χ3v) is 6.46. The summed E-state index contributed by atoms with van der Waals surface area (Å²) in [5.74, 6) is -1.30. The van der Waals surface area contributed by atoms with E-state index >= 15 is 0 Å². The van der Waals surface area contributed by atoms with Gasteiger partial charge in [0.2, 0.25) is 0 Å². The number of halogens is 1. The van der Waals surface area contributed by atoms with Gasteiger partial charge in [-0.3, -0.25) is 9.59 Å². The topological polar surface area (TPSA) is 122 Å². The van der Waals surface area contributed by atoms with Crippen LogP contribution in [0.1, 0.15) is 41.6 Å². The van der Waals surface area contributed by atoms with E-state index in [0.29, 0.717) is 42.7 Å². The van der Waals surface area contributed by atoms with Crippen molar-refractivity contribution < 1.29 is 33.7 Å². The van der Waals surface area contributed by atoms with Crippen molar-refractivity contribution in [2.75, 3.05) is 19.8 Å². The lowest BCUT2D eigenvalue weighted by Gasteiger charge is -2.25. The van der Waals surface area contributed by atoms with E-state index < -0.39 is 23.6 Å². The molecular formula is C26H29FN2O6. The second-order valence-corrected chi connectivity index (χ2v) is 8.97. The molecule has 2 aromatic carbocycles. The second-order valence-electron chi connectivity index (χ2n) is 8.97. The summed E-state index contributed by atoms with van der Waals surface area (Å²) in [7, 11) is 0. The number of carboxylic acid groups (broad SMARTS) is 1. The molecule has 1 heterocycles. The zero-order valence-corrected chi connectivity index (χ0v) is 19.3.